The van der Waals surface area contributed by atoms with Crippen LogP contribution >= 0.6 is 23.2 Å². The lowest BCUT2D eigenvalue weighted by Gasteiger charge is -2.37. The summed E-state index contributed by atoms with van der Waals surface area (Å²) in [6, 6.07) is 23.6. The molecule has 3 heterocycles. The molecule has 1 aliphatic heterocycles. The Labute approximate surface area is 306 Å². The van der Waals surface area contributed by atoms with E-state index in [0.717, 1.165) is 54.6 Å². The molecular weight excluding hydrogens is 691 g/mol. The van der Waals surface area contributed by atoms with Crippen LogP contribution < -0.4 is 20.2 Å². The molecule has 14 heteroatoms. The van der Waals surface area contributed by atoms with E-state index in [0.29, 0.717) is 62.4 Å². The van der Waals surface area contributed by atoms with Crippen LogP contribution in [0.4, 0.5) is 11.4 Å². The van der Waals surface area contributed by atoms with E-state index >= 15 is 0 Å². The molecule has 266 valence electrons. The summed E-state index contributed by atoms with van der Waals surface area (Å²) in [6.07, 6.45) is 7.61. The van der Waals surface area contributed by atoms with Gasteiger partial charge in [0.25, 0.3) is 0 Å². The lowest BCUT2D eigenvalue weighted by Crippen LogP contribution is -2.46. The Bertz CT molecular complexity index is 1920. The van der Waals surface area contributed by atoms with Crippen molar-refractivity contribution in [2.45, 2.75) is 38.6 Å². The van der Waals surface area contributed by atoms with Crippen molar-refractivity contribution < 1.29 is 14.2 Å². The number of imidazole rings is 1. The SMILES string of the molecule is N#CCCCn1ncn(-c2ccc(N3CCN(c4ccc(OC[C@H](COCCn5ccnc5)OCc5ccc(Cl)cc5Cl)cc4)CC3)cc2)c1=O. The minimum absolute atomic E-state index is 0.204. The highest BCUT2D eigenvalue weighted by atomic mass is 35.5. The molecule has 6 rings (SSSR count). The van der Waals surface area contributed by atoms with Gasteiger partial charge in [-0.25, -0.2) is 19.0 Å². The van der Waals surface area contributed by atoms with Crippen molar-refractivity contribution in [3.05, 3.63) is 118 Å². The van der Waals surface area contributed by atoms with Crippen LogP contribution in [0.15, 0.2) is 96.6 Å². The Hall–Kier alpha value is -4.80. The number of unbranched alkanes of at least 4 members (excludes halogenated alkanes) is 1. The van der Waals surface area contributed by atoms with Gasteiger partial charge in [-0.2, -0.15) is 10.4 Å². The maximum atomic E-state index is 12.7. The molecule has 2 aromatic heterocycles. The highest BCUT2D eigenvalue weighted by Crippen LogP contribution is 2.25. The summed E-state index contributed by atoms with van der Waals surface area (Å²) in [6.45, 7) is 6.10. The number of hydrogen-bond acceptors (Lipinski definition) is 9. The molecule has 0 radical (unpaired) electrons. The highest BCUT2D eigenvalue weighted by Gasteiger charge is 2.19. The molecule has 1 saturated heterocycles. The molecule has 5 aromatic rings. The second-order valence-corrected chi connectivity index (χ2v) is 13.0. The minimum atomic E-state index is -0.319. The molecule has 1 atom stereocenters. The summed E-state index contributed by atoms with van der Waals surface area (Å²) in [4.78, 5) is 21.5. The maximum absolute atomic E-state index is 12.7. The number of nitriles is 1. The van der Waals surface area contributed by atoms with Gasteiger partial charge in [-0.3, -0.25) is 0 Å². The fourth-order valence-corrected chi connectivity index (χ4v) is 6.22. The molecule has 12 nitrogen and oxygen atoms in total. The first-order valence-corrected chi connectivity index (χ1v) is 17.7. The predicted octanol–water partition coefficient (Wildman–Crippen LogP) is 5.85. The lowest BCUT2D eigenvalue weighted by atomic mass is 10.2. The van der Waals surface area contributed by atoms with Crippen molar-refractivity contribution in [2.24, 2.45) is 0 Å². The van der Waals surface area contributed by atoms with E-state index in [9.17, 15) is 4.79 Å². The van der Waals surface area contributed by atoms with Crippen LogP contribution in [0, 0.1) is 11.3 Å². The first-order chi connectivity index (χ1) is 25.0. The van der Waals surface area contributed by atoms with Crippen molar-refractivity contribution >= 4 is 34.6 Å². The summed E-state index contributed by atoms with van der Waals surface area (Å²) >= 11 is 12.4. The van der Waals surface area contributed by atoms with E-state index in [1.165, 1.54) is 15.6 Å². The predicted molar refractivity (Wildman–Crippen MR) is 197 cm³/mol. The molecule has 51 heavy (non-hydrogen) atoms. The van der Waals surface area contributed by atoms with E-state index in [2.05, 4.69) is 38.1 Å². The zero-order valence-corrected chi connectivity index (χ0v) is 29.7. The highest BCUT2D eigenvalue weighted by molar-refractivity contribution is 6.35. The van der Waals surface area contributed by atoms with Crippen molar-refractivity contribution in [2.75, 3.05) is 55.8 Å². The maximum Gasteiger partial charge on any atom is 0.350 e. The van der Waals surface area contributed by atoms with Crippen LogP contribution in [0.5, 0.6) is 5.75 Å². The number of halogens is 2. The molecule has 1 fully saturated rings. The van der Waals surface area contributed by atoms with E-state index in [4.69, 9.17) is 42.7 Å². The molecule has 3 aromatic carbocycles. The Kier molecular flexibility index (Phi) is 12.7. The van der Waals surface area contributed by atoms with Gasteiger partial charge in [-0.15, -0.1) is 0 Å². The number of rotatable bonds is 17. The monoisotopic (exact) mass is 730 g/mol. The van der Waals surface area contributed by atoms with Gasteiger partial charge < -0.3 is 28.6 Å². The van der Waals surface area contributed by atoms with Crippen LogP contribution in [-0.2, 0) is 29.2 Å². The fraction of sp³-hybridized carbons (Fsp3) is 0.351. The van der Waals surface area contributed by atoms with Gasteiger partial charge in [0.15, 0.2) is 0 Å². The third-order valence-corrected chi connectivity index (χ3v) is 9.24. The van der Waals surface area contributed by atoms with Crippen molar-refractivity contribution in [1.29, 1.82) is 5.26 Å². The number of anilines is 2. The number of nitrogens with zero attached hydrogens (tertiary/aromatic N) is 8. The number of aryl methyl sites for hydroxylation is 1. The largest absolute Gasteiger partial charge is 0.491 e. The Balaban J connectivity index is 0.982. The number of piperazine rings is 1. The summed E-state index contributed by atoms with van der Waals surface area (Å²) in [5.41, 5.74) is 3.65. The zero-order valence-electron chi connectivity index (χ0n) is 28.2. The quantitative estimate of drug-likeness (QED) is 0.109. The smallest absolute Gasteiger partial charge is 0.350 e. The summed E-state index contributed by atoms with van der Waals surface area (Å²) in [7, 11) is 0. The van der Waals surface area contributed by atoms with E-state index in [1.54, 1.807) is 24.7 Å². The molecule has 0 spiro atoms. The summed E-state index contributed by atoms with van der Waals surface area (Å²) < 4.78 is 23.2. The second-order valence-electron chi connectivity index (χ2n) is 12.1. The molecule has 0 aliphatic carbocycles. The summed E-state index contributed by atoms with van der Waals surface area (Å²) in [5.74, 6) is 0.751. The van der Waals surface area contributed by atoms with Gasteiger partial charge in [0.1, 0.15) is 24.8 Å². The molecule has 0 bridgehead atoms. The summed E-state index contributed by atoms with van der Waals surface area (Å²) in [5, 5.41) is 14.1. The van der Waals surface area contributed by atoms with Crippen molar-refractivity contribution in [1.82, 2.24) is 23.9 Å². The van der Waals surface area contributed by atoms with E-state index in [-0.39, 0.29) is 11.8 Å². The number of ether oxygens (including phenoxy) is 3. The van der Waals surface area contributed by atoms with E-state index < -0.39 is 0 Å². The first kappa shape index (κ1) is 36.0. The van der Waals surface area contributed by atoms with Crippen molar-refractivity contribution in [3.8, 4) is 17.5 Å². The Morgan fingerprint density at radius 1 is 0.863 bits per heavy atom. The topological polar surface area (TPSA) is 116 Å². The van der Waals surface area contributed by atoms with Gasteiger partial charge in [-0.05, 0) is 72.6 Å². The Morgan fingerprint density at radius 2 is 1.57 bits per heavy atom. The zero-order chi connectivity index (χ0) is 35.4. The van der Waals surface area contributed by atoms with Crippen molar-refractivity contribution in [3.63, 3.8) is 0 Å². The van der Waals surface area contributed by atoms with Gasteiger partial charge in [0.2, 0.25) is 0 Å². The minimum Gasteiger partial charge on any atom is -0.491 e. The van der Waals surface area contributed by atoms with Gasteiger partial charge in [0, 0.05) is 79.5 Å². The average Bonchev–Trinajstić information content (AvgIpc) is 3.81. The molecular formula is C37H40Cl2N8O4. The van der Waals surface area contributed by atoms with Gasteiger partial charge >= 0.3 is 5.69 Å². The molecule has 0 unspecified atom stereocenters. The van der Waals surface area contributed by atoms with Gasteiger partial charge in [0.05, 0.1) is 37.9 Å². The molecule has 0 saturated carbocycles. The van der Waals surface area contributed by atoms with Crippen LogP contribution in [0.3, 0.4) is 0 Å². The number of benzene rings is 3. The molecule has 0 amide bonds. The third kappa shape index (κ3) is 9.92. The lowest BCUT2D eigenvalue weighted by molar-refractivity contribution is -0.0460. The molecule has 1 aliphatic rings. The second kappa shape index (κ2) is 17.9. The van der Waals surface area contributed by atoms with Crippen LogP contribution in [-0.4, -0.2) is 76.0 Å². The number of aromatic nitrogens is 5. The van der Waals surface area contributed by atoms with Crippen LogP contribution in [0.2, 0.25) is 10.0 Å². The first-order valence-electron chi connectivity index (χ1n) is 16.9. The average molecular weight is 732 g/mol. The third-order valence-electron chi connectivity index (χ3n) is 8.65. The van der Waals surface area contributed by atoms with E-state index in [1.807, 2.05) is 53.2 Å². The standard InChI is InChI=1S/C37H40Cl2N8O4/c38-30-4-3-29(36(39)23-30)24-50-35(25-49-22-21-43-16-14-41-27-43)26-51-34-11-9-32(10-12-34)45-19-17-44(18-20-45)31-5-7-33(8-6-31)46-28-42-47(37(46)48)15-2-1-13-40/h3-12,14,16,23,27-28,35H,1-2,15,17-22,24-26H2/t35-/m0/s1. The Morgan fingerprint density at radius 3 is 2.24 bits per heavy atom. The van der Waals surface area contributed by atoms with Crippen LogP contribution in [0.1, 0.15) is 18.4 Å². The van der Waals surface area contributed by atoms with Gasteiger partial charge in [-0.1, -0.05) is 29.3 Å². The number of hydrogen-bond donors (Lipinski definition) is 0. The van der Waals surface area contributed by atoms with Crippen LogP contribution in [0.25, 0.3) is 5.69 Å². The normalized spacial score (nSPS) is 13.7. The fourth-order valence-electron chi connectivity index (χ4n) is 5.76. The molecule has 0 N–H and O–H groups in total.